The second kappa shape index (κ2) is 6.58. The summed E-state index contributed by atoms with van der Waals surface area (Å²) in [4.78, 5) is 24.1. The lowest BCUT2D eigenvalue weighted by Crippen LogP contribution is -2.14. The summed E-state index contributed by atoms with van der Waals surface area (Å²) in [6.07, 6.45) is 0.0691. The van der Waals surface area contributed by atoms with Gasteiger partial charge < -0.3 is 14.5 Å². The molecule has 5 nitrogen and oxygen atoms in total. The second-order valence-corrected chi connectivity index (χ2v) is 5.62. The summed E-state index contributed by atoms with van der Waals surface area (Å²) in [5, 5.41) is 3.43. The molecule has 0 spiro atoms. The van der Waals surface area contributed by atoms with Gasteiger partial charge in [0.2, 0.25) is 0 Å². The van der Waals surface area contributed by atoms with E-state index < -0.39 is 5.63 Å². The molecule has 5 heteroatoms. The zero-order valence-corrected chi connectivity index (χ0v) is 13.4. The third kappa shape index (κ3) is 3.46. The predicted octanol–water partition coefficient (Wildman–Crippen LogP) is 3.83. The Kier molecular flexibility index (Phi) is 4.33. The second-order valence-electron chi connectivity index (χ2n) is 5.62. The molecule has 3 rings (SSSR count). The topological polar surface area (TPSA) is 68.5 Å². The fourth-order valence-electron chi connectivity index (χ4n) is 2.37. The first-order chi connectivity index (χ1) is 11.5. The highest BCUT2D eigenvalue weighted by Gasteiger charge is 2.11. The van der Waals surface area contributed by atoms with Crippen LogP contribution in [0.2, 0.25) is 0 Å². The van der Waals surface area contributed by atoms with E-state index in [1.165, 1.54) is 6.07 Å². The molecule has 0 atom stereocenters. The van der Waals surface area contributed by atoms with Crippen LogP contribution < -0.4 is 15.7 Å². The number of hydrogen-bond donors (Lipinski definition) is 1. The van der Waals surface area contributed by atoms with Crippen molar-refractivity contribution in [2.24, 2.45) is 0 Å². The molecule has 0 radical (unpaired) electrons. The lowest BCUT2D eigenvalue weighted by atomic mass is 10.1. The minimum Gasteiger partial charge on any atom is -0.491 e. The number of hydrogen-bond acceptors (Lipinski definition) is 4. The third-order valence-corrected chi connectivity index (χ3v) is 3.39. The SMILES string of the molecule is CC(C)Oc1ccc(C(=O)Nc2cc(=O)oc3ccccc23)cc1. The highest BCUT2D eigenvalue weighted by atomic mass is 16.5. The number of amides is 1. The Morgan fingerprint density at radius 3 is 2.50 bits per heavy atom. The smallest absolute Gasteiger partial charge is 0.338 e. The van der Waals surface area contributed by atoms with Crippen LogP contribution in [0.3, 0.4) is 0 Å². The first-order valence-corrected chi connectivity index (χ1v) is 7.64. The largest absolute Gasteiger partial charge is 0.491 e. The molecule has 1 heterocycles. The molecular weight excluding hydrogens is 306 g/mol. The first kappa shape index (κ1) is 15.8. The fraction of sp³-hybridized carbons (Fsp3) is 0.158. The van der Waals surface area contributed by atoms with Crippen molar-refractivity contribution in [3.63, 3.8) is 0 Å². The molecule has 0 fully saturated rings. The van der Waals surface area contributed by atoms with Crippen molar-refractivity contribution >= 4 is 22.6 Å². The highest BCUT2D eigenvalue weighted by Crippen LogP contribution is 2.22. The summed E-state index contributed by atoms with van der Waals surface area (Å²) in [7, 11) is 0. The van der Waals surface area contributed by atoms with Gasteiger partial charge in [-0.05, 0) is 50.2 Å². The van der Waals surface area contributed by atoms with E-state index in [2.05, 4.69) is 5.32 Å². The first-order valence-electron chi connectivity index (χ1n) is 7.64. The monoisotopic (exact) mass is 323 g/mol. The van der Waals surface area contributed by atoms with E-state index in [-0.39, 0.29) is 12.0 Å². The summed E-state index contributed by atoms with van der Waals surface area (Å²) in [5.41, 5.74) is 0.823. The number of benzene rings is 2. The third-order valence-electron chi connectivity index (χ3n) is 3.39. The van der Waals surface area contributed by atoms with Crippen LogP contribution in [-0.4, -0.2) is 12.0 Å². The quantitative estimate of drug-likeness (QED) is 0.741. The molecular formula is C19H17NO4. The number of para-hydroxylation sites is 1. The lowest BCUT2D eigenvalue weighted by Gasteiger charge is -2.11. The fourth-order valence-corrected chi connectivity index (χ4v) is 2.37. The van der Waals surface area contributed by atoms with Crippen molar-refractivity contribution in [3.8, 4) is 5.75 Å². The summed E-state index contributed by atoms with van der Waals surface area (Å²) in [5.74, 6) is 0.397. The van der Waals surface area contributed by atoms with Crippen LogP contribution in [0, 0.1) is 0 Å². The van der Waals surface area contributed by atoms with Gasteiger partial charge in [0.25, 0.3) is 5.91 Å². The van der Waals surface area contributed by atoms with Crippen molar-refractivity contribution < 1.29 is 13.9 Å². The van der Waals surface area contributed by atoms with Crippen LogP contribution in [0.1, 0.15) is 24.2 Å². The molecule has 3 aromatic rings. The van der Waals surface area contributed by atoms with Gasteiger partial charge >= 0.3 is 5.63 Å². The average molecular weight is 323 g/mol. The number of carbonyl (C=O) groups excluding carboxylic acids is 1. The van der Waals surface area contributed by atoms with Crippen LogP contribution in [-0.2, 0) is 0 Å². The minimum atomic E-state index is -0.510. The van der Waals surface area contributed by atoms with Gasteiger partial charge in [-0.1, -0.05) is 12.1 Å². The molecule has 0 aliphatic rings. The molecule has 0 aliphatic carbocycles. The zero-order valence-electron chi connectivity index (χ0n) is 13.4. The number of ether oxygens (including phenoxy) is 1. The van der Waals surface area contributed by atoms with E-state index in [1.54, 1.807) is 42.5 Å². The van der Waals surface area contributed by atoms with Crippen molar-refractivity contribution in [1.82, 2.24) is 0 Å². The van der Waals surface area contributed by atoms with E-state index >= 15 is 0 Å². The predicted molar refractivity (Wildman–Crippen MR) is 92.6 cm³/mol. The van der Waals surface area contributed by atoms with Crippen molar-refractivity contribution in [3.05, 3.63) is 70.6 Å². The Balaban J connectivity index is 1.86. The molecule has 0 bridgehead atoms. The van der Waals surface area contributed by atoms with Crippen molar-refractivity contribution in [2.45, 2.75) is 20.0 Å². The molecule has 122 valence electrons. The van der Waals surface area contributed by atoms with Crippen molar-refractivity contribution in [1.29, 1.82) is 0 Å². The van der Waals surface area contributed by atoms with Crippen LogP contribution in [0.5, 0.6) is 5.75 Å². The normalized spacial score (nSPS) is 10.8. The highest BCUT2D eigenvalue weighted by molar-refractivity contribution is 6.08. The van der Waals surface area contributed by atoms with E-state index in [1.807, 2.05) is 19.9 Å². The zero-order chi connectivity index (χ0) is 17.1. The molecule has 1 amide bonds. The van der Waals surface area contributed by atoms with E-state index in [4.69, 9.17) is 9.15 Å². The summed E-state index contributed by atoms with van der Waals surface area (Å²) in [6.45, 7) is 3.87. The van der Waals surface area contributed by atoms with Gasteiger partial charge in [0.05, 0.1) is 11.8 Å². The number of nitrogens with one attached hydrogen (secondary N) is 1. The molecule has 2 aromatic carbocycles. The number of anilines is 1. The number of carbonyl (C=O) groups is 1. The summed E-state index contributed by atoms with van der Waals surface area (Å²) in [6, 6.07) is 15.2. The summed E-state index contributed by atoms with van der Waals surface area (Å²) >= 11 is 0. The van der Waals surface area contributed by atoms with E-state index in [0.717, 1.165) is 0 Å². The van der Waals surface area contributed by atoms with Gasteiger partial charge in [0.15, 0.2) is 0 Å². The molecule has 0 unspecified atom stereocenters. The van der Waals surface area contributed by atoms with E-state index in [9.17, 15) is 9.59 Å². The van der Waals surface area contributed by atoms with Gasteiger partial charge in [-0.2, -0.15) is 0 Å². The van der Waals surface area contributed by atoms with Crippen LogP contribution in [0.15, 0.2) is 63.8 Å². The maximum Gasteiger partial charge on any atom is 0.338 e. The van der Waals surface area contributed by atoms with Crippen LogP contribution in [0.4, 0.5) is 5.69 Å². The van der Waals surface area contributed by atoms with Gasteiger partial charge in [-0.15, -0.1) is 0 Å². The molecule has 1 N–H and O–H groups in total. The minimum absolute atomic E-state index is 0.0691. The number of rotatable bonds is 4. The van der Waals surface area contributed by atoms with Crippen molar-refractivity contribution in [2.75, 3.05) is 5.32 Å². The van der Waals surface area contributed by atoms with Crippen LogP contribution in [0.25, 0.3) is 11.0 Å². The Morgan fingerprint density at radius 1 is 1.08 bits per heavy atom. The average Bonchev–Trinajstić information content (AvgIpc) is 2.54. The van der Waals surface area contributed by atoms with Gasteiger partial charge in [-0.25, -0.2) is 4.79 Å². The Labute approximate surface area is 138 Å². The number of fused-ring (bicyclic) bond motifs is 1. The maximum absolute atomic E-state index is 12.4. The molecule has 1 aromatic heterocycles. The standard InChI is InChI=1S/C19H17NO4/c1-12(2)23-14-9-7-13(8-10-14)19(22)20-16-11-18(21)24-17-6-4-3-5-15(16)17/h3-12H,1-2H3,(H,20,22). The summed E-state index contributed by atoms with van der Waals surface area (Å²) < 4.78 is 10.7. The van der Waals surface area contributed by atoms with Gasteiger partial charge in [0, 0.05) is 17.0 Å². The molecule has 24 heavy (non-hydrogen) atoms. The Morgan fingerprint density at radius 2 is 1.79 bits per heavy atom. The van der Waals surface area contributed by atoms with Gasteiger partial charge in [0.1, 0.15) is 11.3 Å². The molecule has 0 aliphatic heterocycles. The Bertz CT molecular complexity index is 926. The van der Waals surface area contributed by atoms with E-state index in [0.29, 0.717) is 28.0 Å². The lowest BCUT2D eigenvalue weighted by molar-refractivity contribution is 0.102. The van der Waals surface area contributed by atoms with Crippen LogP contribution >= 0.6 is 0 Å². The molecule has 0 saturated carbocycles. The maximum atomic E-state index is 12.4. The molecule has 0 saturated heterocycles. The van der Waals surface area contributed by atoms with Gasteiger partial charge in [-0.3, -0.25) is 4.79 Å². The Hall–Kier alpha value is -3.08.